The zero-order valence-electron chi connectivity index (χ0n) is 17.6. The smallest absolute Gasteiger partial charge is 0.410 e. The molecule has 152 valence electrons. The predicted octanol–water partition coefficient (Wildman–Crippen LogP) is 3.78. The molecule has 3 heterocycles. The molecule has 4 atom stereocenters. The summed E-state index contributed by atoms with van der Waals surface area (Å²) in [4.78, 5) is 34.8. The third kappa shape index (κ3) is 2.97. The number of likely N-dealkylation sites (tertiary alicyclic amines) is 2. The number of fused-ring (bicyclic) bond motifs is 1. The lowest BCUT2D eigenvalue weighted by Gasteiger charge is -2.49. The molecule has 1 saturated carbocycles. The Bertz CT molecular complexity index is 802. The maximum absolute atomic E-state index is 13.5. The van der Waals surface area contributed by atoms with E-state index in [1.807, 2.05) is 49.6 Å². The summed E-state index contributed by atoms with van der Waals surface area (Å²) in [5.74, 6) is 0.00325. The molecular formula is C22H31N3O3. The van der Waals surface area contributed by atoms with Gasteiger partial charge in [-0.05, 0) is 65.0 Å². The Kier molecular flexibility index (Phi) is 4.43. The fourth-order valence-electron chi connectivity index (χ4n) is 5.66. The Morgan fingerprint density at radius 1 is 1.25 bits per heavy atom. The Morgan fingerprint density at radius 2 is 1.96 bits per heavy atom. The first-order valence-corrected chi connectivity index (χ1v) is 10.4. The number of amides is 2. The average Bonchev–Trinajstić information content (AvgIpc) is 2.89. The summed E-state index contributed by atoms with van der Waals surface area (Å²) >= 11 is 0. The molecule has 2 saturated heterocycles. The molecule has 6 nitrogen and oxygen atoms in total. The lowest BCUT2D eigenvalue weighted by molar-refractivity contribution is -0.0247. The number of hydrogen-bond acceptors (Lipinski definition) is 4. The second-order valence-electron chi connectivity index (χ2n) is 9.84. The highest BCUT2D eigenvalue weighted by Crippen LogP contribution is 2.54. The van der Waals surface area contributed by atoms with E-state index in [0.29, 0.717) is 12.2 Å². The molecule has 2 bridgehead atoms. The summed E-state index contributed by atoms with van der Waals surface area (Å²) in [7, 11) is 0. The van der Waals surface area contributed by atoms with E-state index in [4.69, 9.17) is 4.74 Å². The Morgan fingerprint density at radius 3 is 2.64 bits per heavy atom. The monoisotopic (exact) mass is 385 g/mol. The Balaban J connectivity index is 1.68. The molecule has 2 aliphatic heterocycles. The molecule has 3 aliphatic rings. The minimum atomic E-state index is -0.525. The minimum Gasteiger partial charge on any atom is -0.444 e. The highest BCUT2D eigenvalue weighted by atomic mass is 16.6. The van der Waals surface area contributed by atoms with Gasteiger partial charge in [-0.15, -0.1) is 0 Å². The normalized spacial score (nSPS) is 31.7. The van der Waals surface area contributed by atoms with Crippen LogP contribution in [0.5, 0.6) is 0 Å². The van der Waals surface area contributed by atoms with E-state index < -0.39 is 5.60 Å². The van der Waals surface area contributed by atoms with E-state index in [1.165, 1.54) is 0 Å². The van der Waals surface area contributed by atoms with E-state index >= 15 is 0 Å². The largest absolute Gasteiger partial charge is 0.444 e. The number of piperidine rings is 1. The lowest BCUT2D eigenvalue weighted by atomic mass is 9.66. The van der Waals surface area contributed by atoms with Crippen LogP contribution in [0.15, 0.2) is 18.3 Å². The molecule has 0 N–H and O–H groups in total. The van der Waals surface area contributed by atoms with E-state index in [0.717, 1.165) is 31.2 Å². The molecule has 28 heavy (non-hydrogen) atoms. The number of hydrogen-bond donors (Lipinski definition) is 0. The third-order valence-corrected chi connectivity index (χ3v) is 6.74. The highest BCUT2D eigenvalue weighted by Gasteiger charge is 2.62. The third-order valence-electron chi connectivity index (χ3n) is 6.74. The molecule has 1 aromatic rings. The first-order valence-electron chi connectivity index (χ1n) is 10.4. The van der Waals surface area contributed by atoms with Gasteiger partial charge in [0.25, 0.3) is 5.91 Å². The maximum Gasteiger partial charge on any atom is 0.410 e. The molecule has 0 radical (unpaired) electrons. The second kappa shape index (κ2) is 6.46. The van der Waals surface area contributed by atoms with Crippen LogP contribution in [0.2, 0.25) is 0 Å². The SMILES string of the molecule is Cc1cccnc1C(=O)N1[C@@H]2CN(C(=O)OC(C)(C)C)[C@@H]3CCC[C@H]1[C@]3(C)C2. The number of nitrogens with zero attached hydrogens (tertiary/aromatic N) is 3. The van der Waals surface area contributed by atoms with E-state index in [1.54, 1.807) is 6.20 Å². The van der Waals surface area contributed by atoms with Crippen molar-refractivity contribution >= 4 is 12.0 Å². The van der Waals surface area contributed by atoms with E-state index in [-0.39, 0.29) is 35.5 Å². The number of rotatable bonds is 1. The molecule has 2 amide bonds. The molecule has 6 heteroatoms. The van der Waals surface area contributed by atoms with Crippen LogP contribution in [0.3, 0.4) is 0 Å². The van der Waals surface area contributed by atoms with Crippen LogP contribution in [0.25, 0.3) is 0 Å². The minimum absolute atomic E-state index is 0.00325. The number of aryl methyl sites for hydroxylation is 1. The molecule has 4 rings (SSSR count). The van der Waals surface area contributed by atoms with Crippen LogP contribution in [-0.2, 0) is 4.74 Å². The maximum atomic E-state index is 13.5. The molecule has 0 aromatic carbocycles. The van der Waals surface area contributed by atoms with Gasteiger partial charge in [-0.25, -0.2) is 4.79 Å². The van der Waals surface area contributed by atoms with Crippen molar-refractivity contribution in [3.05, 3.63) is 29.6 Å². The van der Waals surface area contributed by atoms with Gasteiger partial charge in [-0.1, -0.05) is 13.0 Å². The van der Waals surface area contributed by atoms with Crippen LogP contribution in [0, 0.1) is 12.3 Å². The topological polar surface area (TPSA) is 62.7 Å². The van der Waals surface area contributed by atoms with Crippen molar-refractivity contribution in [3.63, 3.8) is 0 Å². The fourth-order valence-corrected chi connectivity index (χ4v) is 5.66. The summed E-state index contributed by atoms with van der Waals surface area (Å²) in [6.45, 7) is 10.4. The van der Waals surface area contributed by atoms with Gasteiger partial charge in [0.2, 0.25) is 0 Å². The fraction of sp³-hybridized carbons (Fsp3) is 0.682. The van der Waals surface area contributed by atoms with Crippen LogP contribution < -0.4 is 0 Å². The van der Waals surface area contributed by atoms with Crippen molar-refractivity contribution in [2.45, 2.75) is 84.0 Å². The van der Waals surface area contributed by atoms with Gasteiger partial charge in [0, 0.05) is 30.2 Å². The molecule has 1 aromatic heterocycles. The molecule has 0 spiro atoms. The second-order valence-corrected chi connectivity index (χ2v) is 9.84. The van der Waals surface area contributed by atoms with Crippen LogP contribution in [0.1, 0.15) is 69.4 Å². The summed E-state index contributed by atoms with van der Waals surface area (Å²) in [5, 5.41) is 0. The van der Waals surface area contributed by atoms with Crippen molar-refractivity contribution in [1.29, 1.82) is 0 Å². The number of pyridine rings is 1. The van der Waals surface area contributed by atoms with Gasteiger partial charge in [0.05, 0.1) is 6.04 Å². The summed E-state index contributed by atoms with van der Waals surface area (Å²) < 4.78 is 5.71. The van der Waals surface area contributed by atoms with Gasteiger partial charge in [0.15, 0.2) is 0 Å². The predicted molar refractivity (Wildman–Crippen MR) is 106 cm³/mol. The quantitative estimate of drug-likeness (QED) is 0.738. The van der Waals surface area contributed by atoms with Crippen molar-refractivity contribution in [2.24, 2.45) is 5.41 Å². The van der Waals surface area contributed by atoms with Gasteiger partial charge in [-0.3, -0.25) is 9.78 Å². The zero-order valence-corrected chi connectivity index (χ0v) is 17.6. The van der Waals surface area contributed by atoms with Gasteiger partial charge in [-0.2, -0.15) is 0 Å². The van der Waals surface area contributed by atoms with Crippen LogP contribution in [-0.4, -0.2) is 57.1 Å². The first kappa shape index (κ1) is 19.2. The van der Waals surface area contributed by atoms with Crippen molar-refractivity contribution in [2.75, 3.05) is 6.54 Å². The summed E-state index contributed by atoms with van der Waals surface area (Å²) in [5.41, 5.74) is 0.819. The van der Waals surface area contributed by atoms with E-state index in [9.17, 15) is 9.59 Å². The standard InChI is InChI=1S/C22H31N3O3/c1-14-8-7-11-23-18(14)19(26)25-15-12-22(5)16(9-6-10-17(22)25)24(13-15)20(27)28-21(2,3)4/h7-8,11,15-17H,6,9-10,12-13H2,1-5H3/t15-,16+,17-,22+/m0/s1. The Hall–Kier alpha value is -2.11. The molecular weight excluding hydrogens is 354 g/mol. The number of aromatic nitrogens is 1. The summed E-state index contributed by atoms with van der Waals surface area (Å²) in [6, 6.07) is 4.08. The lowest BCUT2D eigenvalue weighted by Crippen LogP contribution is -2.58. The van der Waals surface area contributed by atoms with Crippen molar-refractivity contribution < 1.29 is 14.3 Å². The van der Waals surface area contributed by atoms with Crippen LogP contribution >= 0.6 is 0 Å². The zero-order chi connectivity index (χ0) is 20.3. The van der Waals surface area contributed by atoms with Gasteiger partial charge >= 0.3 is 6.09 Å². The number of carbonyl (C=O) groups is 2. The van der Waals surface area contributed by atoms with Crippen molar-refractivity contribution in [1.82, 2.24) is 14.8 Å². The molecule has 0 unspecified atom stereocenters. The number of carbonyl (C=O) groups excluding carboxylic acids is 2. The summed E-state index contributed by atoms with van der Waals surface area (Å²) in [6.07, 6.45) is 5.35. The number of ether oxygens (including phenoxy) is 1. The van der Waals surface area contributed by atoms with E-state index in [2.05, 4.69) is 11.9 Å². The average molecular weight is 386 g/mol. The van der Waals surface area contributed by atoms with Crippen molar-refractivity contribution in [3.8, 4) is 0 Å². The Labute approximate surface area is 167 Å². The molecule has 1 aliphatic carbocycles. The highest BCUT2D eigenvalue weighted by molar-refractivity contribution is 5.94. The molecule has 3 fully saturated rings. The van der Waals surface area contributed by atoms with Gasteiger partial charge in [0.1, 0.15) is 11.3 Å². The first-order chi connectivity index (χ1) is 13.1. The van der Waals surface area contributed by atoms with Gasteiger partial charge < -0.3 is 14.5 Å². The van der Waals surface area contributed by atoms with Crippen LogP contribution in [0.4, 0.5) is 4.79 Å².